The summed E-state index contributed by atoms with van der Waals surface area (Å²) in [6, 6.07) is 7.29. The van der Waals surface area contributed by atoms with Gasteiger partial charge < -0.3 is 24.7 Å². The summed E-state index contributed by atoms with van der Waals surface area (Å²) >= 11 is 1.38. The van der Waals surface area contributed by atoms with Crippen LogP contribution in [-0.2, 0) is 28.5 Å². The highest BCUT2D eigenvalue weighted by Gasteiger charge is 2.72. The maximum atomic E-state index is 12.6. The second-order valence-electron chi connectivity index (χ2n) is 9.98. The zero-order chi connectivity index (χ0) is 24.5. The molecule has 2 aliphatic heterocycles. The number of ketones is 1. The minimum atomic E-state index is -0.510. The lowest BCUT2D eigenvalue weighted by Crippen LogP contribution is -2.55. The van der Waals surface area contributed by atoms with Gasteiger partial charge in [-0.15, -0.1) is 11.8 Å². The van der Waals surface area contributed by atoms with Crippen LogP contribution in [-0.4, -0.2) is 60.7 Å². The van der Waals surface area contributed by atoms with E-state index in [0.717, 1.165) is 17.7 Å². The van der Waals surface area contributed by atoms with E-state index >= 15 is 0 Å². The van der Waals surface area contributed by atoms with Crippen molar-refractivity contribution in [3.8, 4) is 0 Å². The van der Waals surface area contributed by atoms with Crippen LogP contribution in [0.25, 0.3) is 0 Å². The molecule has 2 heterocycles. The number of nitrogen functional groups attached to an aromatic ring is 1. The van der Waals surface area contributed by atoms with Crippen LogP contribution in [0.4, 0.5) is 5.69 Å². The topological polar surface area (TPSA) is 104 Å². The van der Waals surface area contributed by atoms with Crippen molar-refractivity contribution in [2.45, 2.75) is 80.9 Å². The van der Waals surface area contributed by atoms with Crippen LogP contribution < -0.4 is 5.73 Å². The Labute approximate surface area is 205 Å². The van der Waals surface area contributed by atoms with Crippen LogP contribution in [0.15, 0.2) is 40.8 Å². The van der Waals surface area contributed by atoms with E-state index in [1.54, 1.807) is 19.2 Å². The summed E-state index contributed by atoms with van der Waals surface area (Å²) in [6.45, 7) is 6.94. The molecule has 4 rings (SSSR count). The van der Waals surface area contributed by atoms with Crippen LogP contribution >= 0.6 is 11.8 Å². The SMILES string of the molecule is CO[C@@H]1[C@H](OC(=O)CC(=O)CSc2ccc(N)cc2)CC[C@]2(CO2)[C@H]1[C@@]1(C)O[C@@H]1CC=C(C)C. The number of nitrogens with two attached hydrogens (primary N) is 1. The Morgan fingerprint density at radius 3 is 2.59 bits per heavy atom. The second kappa shape index (κ2) is 10.0. The number of methoxy groups -OCH3 is 1. The van der Waals surface area contributed by atoms with Crippen LogP contribution in [0.5, 0.6) is 0 Å². The van der Waals surface area contributed by atoms with Crippen molar-refractivity contribution in [2.75, 3.05) is 25.2 Å². The predicted molar refractivity (Wildman–Crippen MR) is 131 cm³/mol. The predicted octanol–water partition coefficient (Wildman–Crippen LogP) is 3.94. The minimum Gasteiger partial charge on any atom is -0.459 e. The van der Waals surface area contributed by atoms with E-state index in [9.17, 15) is 9.59 Å². The molecule has 3 fully saturated rings. The van der Waals surface area contributed by atoms with Gasteiger partial charge in [-0.05, 0) is 64.3 Å². The zero-order valence-electron chi connectivity index (χ0n) is 20.4. The fraction of sp³-hybridized carbons (Fsp3) is 0.615. The zero-order valence-corrected chi connectivity index (χ0v) is 21.2. The molecule has 1 saturated carbocycles. The summed E-state index contributed by atoms with van der Waals surface area (Å²) in [5.74, 6) is -0.516. The number of ether oxygens (including phenoxy) is 4. The number of thioether (sulfide) groups is 1. The molecule has 3 aliphatic rings. The van der Waals surface area contributed by atoms with Crippen molar-refractivity contribution in [1.29, 1.82) is 0 Å². The lowest BCUT2D eigenvalue weighted by Gasteiger charge is -2.42. The monoisotopic (exact) mass is 489 g/mol. The quantitative estimate of drug-likeness (QED) is 0.132. The number of hydrogen-bond donors (Lipinski definition) is 1. The molecule has 1 aliphatic carbocycles. The number of allylic oxidation sites excluding steroid dienone is 1. The van der Waals surface area contributed by atoms with Gasteiger partial charge in [-0.3, -0.25) is 9.59 Å². The number of benzene rings is 1. The molecule has 1 aromatic rings. The van der Waals surface area contributed by atoms with Crippen LogP contribution in [0.1, 0.15) is 46.5 Å². The highest BCUT2D eigenvalue weighted by Crippen LogP contribution is 2.59. The average molecular weight is 490 g/mol. The van der Waals surface area contributed by atoms with Gasteiger partial charge in [-0.1, -0.05) is 11.6 Å². The Kier molecular flexibility index (Phi) is 7.43. The van der Waals surface area contributed by atoms with Gasteiger partial charge in [0.1, 0.15) is 29.8 Å². The van der Waals surface area contributed by atoms with Gasteiger partial charge in [0.15, 0.2) is 5.78 Å². The highest BCUT2D eigenvalue weighted by molar-refractivity contribution is 8.00. The summed E-state index contributed by atoms with van der Waals surface area (Å²) in [6.07, 6.45) is 3.51. The summed E-state index contributed by atoms with van der Waals surface area (Å²) in [4.78, 5) is 25.9. The number of carbonyl (C=O) groups is 2. The molecule has 0 unspecified atom stereocenters. The van der Waals surface area contributed by atoms with Crippen molar-refractivity contribution in [2.24, 2.45) is 5.92 Å². The van der Waals surface area contributed by atoms with E-state index in [4.69, 9.17) is 24.7 Å². The maximum absolute atomic E-state index is 12.6. The Bertz CT molecular complexity index is 939. The molecule has 34 heavy (non-hydrogen) atoms. The first-order valence-corrected chi connectivity index (χ1v) is 12.8. The number of epoxide rings is 2. The first-order valence-electron chi connectivity index (χ1n) is 11.8. The number of anilines is 1. The van der Waals surface area contributed by atoms with Gasteiger partial charge in [0, 0.05) is 17.7 Å². The molecule has 0 aromatic heterocycles. The summed E-state index contributed by atoms with van der Waals surface area (Å²) in [5, 5.41) is 0. The molecule has 1 aromatic carbocycles. The molecule has 7 nitrogen and oxygen atoms in total. The minimum absolute atomic E-state index is 0.0381. The average Bonchev–Trinajstić information content (AvgIpc) is 3.70. The third-order valence-electron chi connectivity index (χ3n) is 7.14. The molecular formula is C26H35NO6S. The van der Waals surface area contributed by atoms with E-state index < -0.39 is 12.1 Å². The largest absolute Gasteiger partial charge is 0.459 e. The summed E-state index contributed by atoms with van der Waals surface area (Å²) in [5.41, 5.74) is 6.96. The third-order valence-corrected chi connectivity index (χ3v) is 8.21. The van der Waals surface area contributed by atoms with Gasteiger partial charge in [0.25, 0.3) is 0 Å². The molecule has 6 atom stereocenters. The summed E-state index contributed by atoms with van der Waals surface area (Å²) < 4.78 is 23.8. The van der Waals surface area contributed by atoms with E-state index in [1.807, 2.05) is 12.1 Å². The van der Waals surface area contributed by atoms with Gasteiger partial charge in [0.2, 0.25) is 0 Å². The maximum Gasteiger partial charge on any atom is 0.313 e. The fourth-order valence-electron chi connectivity index (χ4n) is 5.22. The van der Waals surface area contributed by atoms with E-state index in [2.05, 4.69) is 26.8 Å². The standard InChI is InChI=1S/C26H35NO6S/c1-16(2)5-10-21-25(3,33-21)24-23(30-4)20(11-12-26(24)15-31-26)32-22(29)13-18(28)14-34-19-8-6-17(27)7-9-19/h5-9,20-21,23-24H,10-15,27H2,1-4H3/t20-,21-,23-,24-,25+,26+/m1/s1. The number of Topliss-reactive ketones (excluding diaryl/α,β-unsaturated/α-hetero) is 1. The lowest BCUT2D eigenvalue weighted by atomic mass is 9.68. The number of rotatable bonds is 10. The number of hydrogen-bond acceptors (Lipinski definition) is 8. The Morgan fingerprint density at radius 2 is 1.97 bits per heavy atom. The number of carbonyl (C=O) groups excluding carboxylic acids is 2. The van der Waals surface area contributed by atoms with Crippen LogP contribution in [0.3, 0.4) is 0 Å². The first kappa shape index (κ1) is 25.2. The molecule has 186 valence electrons. The van der Waals surface area contributed by atoms with Gasteiger partial charge in [-0.2, -0.15) is 0 Å². The van der Waals surface area contributed by atoms with Crippen molar-refractivity contribution in [1.82, 2.24) is 0 Å². The van der Waals surface area contributed by atoms with Crippen molar-refractivity contribution in [3.05, 3.63) is 35.9 Å². The molecule has 8 heteroatoms. The van der Waals surface area contributed by atoms with Gasteiger partial charge in [-0.25, -0.2) is 0 Å². The van der Waals surface area contributed by atoms with Crippen LogP contribution in [0, 0.1) is 5.92 Å². The highest BCUT2D eigenvalue weighted by atomic mass is 32.2. The fourth-order valence-corrected chi connectivity index (χ4v) is 5.98. The molecule has 0 radical (unpaired) electrons. The van der Waals surface area contributed by atoms with Gasteiger partial charge >= 0.3 is 5.97 Å². The smallest absolute Gasteiger partial charge is 0.313 e. The second-order valence-corrected chi connectivity index (χ2v) is 11.0. The van der Waals surface area contributed by atoms with Crippen molar-refractivity contribution >= 4 is 29.2 Å². The first-order chi connectivity index (χ1) is 16.2. The van der Waals surface area contributed by atoms with E-state index in [0.29, 0.717) is 18.7 Å². The molecule has 0 bridgehead atoms. The Balaban J connectivity index is 1.34. The van der Waals surface area contributed by atoms with Crippen molar-refractivity contribution in [3.63, 3.8) is 0 Å². The Hall–Kier alpha value is -1.87. The number of esters is 1. The third kappa shape index (κ3) is 5.51. The normalized spacial score (nSPS) is 33.9. The lowest BCUT2D eigenvalue weighted by molar-refractivity contribution is -0.172. The van der Waals surface area contributed by atoms with Crippen LogP contribution in [0.2, 0.25) is 0 Å². The molecular weight excluding hydrogens is 454 g/mol. The molecule has 0 amide bonds. The molecule has 2 saturated heterocycles. The van der Waals surface area contributed by atoms with Crippen molar-refractivity contribution < 1.29 is 28.5 Å². The van der Waals surface area contributed by atoms with Gasteiger partial charge in [0.05, 0.1) is 24.4 Å². The Morgan fingerprint density at radius 1 is 1.26 bits per heavy atom. The summed E-state index contributed by atoms with van der Waals surface area (Å²) in [7, 11) is 1.64. The van der Waals surface area contributed by atoms with E-state index in [-0.39, 0.29) is 47.3 Å². The molecule has 1 spiro atoms. The van der Waals surface area contributed by atoms with E-state index in [1.165, 1.54) is 17.3 Å². The molecule has 2 N–H and O–H groups in total.